The Kier molecular flexibility index (Phi) is 6.38. The zero-order chi connectivity index (χ0) is 24.5. The number of ether oxygens (including phenoxy) is 1. The molecule has 1 unspecified atom stereocenters. The quantitative estimate of drug-likeness (QED) is 0.456. The van der Waals surface area contributed by atoms with Crippen molar-refractivity contribution in [2.24, 2.45) is 5.92 Å². The minimum absolute atomic E-state index is 0.0891. The van der Waals surface area contributed by atoms with E-state index in [9.17, 15) is 4.79 Å². The molecule has 0 bridgehead atoms. The molecule has 1 saturated heterocycles. The summed E-state index contributed by atoms with van der Waals surface area (Å²) in [6.45, 7) is 8.69. The van der Waals surface area contributed by atoms with Gasteiger partial charge in [-0.3, -0.25) is 9.69 Å². The molecule has 8 nitrogen and oxygen atoms in total. The average molecular weight is 473 g/mol. The Labute approximate surface area is 204 Å². The molecule has 4 aromatic rings. The summed E-state index contributed by atoms with van der Waals surface area (Å²) >= 11 is 0. The van der Waals surface area contributed by atoms with Crippen molar-refractivity contribution < 1.29 is 4.74 Å². The van der Waals surface area contributed by atoms with Crippen LogP contribution in [0.1, 0.15) is 53.9 Å². The van der Waals surface area contributed by atoms with E-state index < -0.39 is 0 Å². The third kappa shape index (κ3) is 4.58. The first-order chi connectivity index (χ1) is 16.9. The molecule has 8 heteroatoms. The lowest BCUT2D eigenvalue weighted by Crippen LogP contribution is -2.40. The molecule has 0 aliphatic carbocycles. The van der Waals surface area contributed by atoms with E-state index in [4.69, 9.17) is 4.74 Å². The van der Waals surface area contributed by atoms with E-state index in [1.807, 2.05) is 41.9 Å². The van der Waals surface area contributed by atoms with Gasteiger partial charge in [-0.15, -0.1) is 5.10 Å². The first kappa shape index (κ1) is 23.2. The average Bonchev–Trinajstić information content (AvgIpc) is 3.31. The summed E-state index contributed by atoms with van der Waals surface area (Å²) < 4.78 is 7.10. The molecular weight excluding hydrogens is 440 g/mol. The van der Waals surface area contributed by atoms with Gasteiger partial charge in [0.15, 0.2) is 5.82 Å². The number of benzene rings is 2. The SMILES string of the molecule is COc1ccc(Cn2nnnc2C(c2cc3ccc(C)c(C)c3[nH]c2=O)N2CCC(C)CC2)cc1. The van der Waals surface area contributed by atoms with Gasteiger partial charge in [0.1, 0.15) is 11.8 Å². The van der Waals surface area contributed by atoms with Crippen molar-refractivity contribution in [2.75, 3.05) is 20.2 Å². The molecule has 2 aromatic heterocycles. The Morgan fingerprint density at radius 3 is 2.57 bits per heavy atom. The van der Waals surface area contributed by atoms with Crippen LogP contribution in [0.15, 0.2) is 47.3 Å². The molecule has 5 rings (SSSR count). The number of piperidine rings is 1. The minimum atomic E-state index is -0.328. The lowest BCUT2D eigenvalue weighted by atomic mass is 9.95. The van der Waals surface area contributed by atoms with Gasteiger partial charge in [0, 0.05) is 5.56 Å². The van der Waals surface area contributed by atoms with Crippen molar-refractivity contribution >= 4 is 10.9 Å². The molecule has 0 saturated carbocycles. The van der Waals surface area contributed by atoms with E-state index >= 15 is 0 Å². The maximum Gasteiger partial charge on any atom is 0.253 e. The van der Waals surface area contributed by atoms with Gasteiger partial charge in [-0.2, -0.15) is 0 Å². The number of rotatable bonds is 6. The van der Waals surface area contributed by atoms with Gasteiger partial charge in [0.2, 0.25) is 0 Å². The Balaban J connectivity index is 1.59. The van der Waals surface area contributed by atoms with Gasteiger partial charge in [-0.05, 0) is 96.4 Å². The predicted octanol–water partition coefficient (Wildman–Crippen LogP) is 4.01. The fraction of sp³-hybridized carbons (Fsp3) is 0.407. The van der Waals surface area contributed by atoms with Crippen LogP contribution >= 0.6 is 0 Å². The Hall–Kier alpha value is -3.52. The summed E-state index contributed by atoms with van der Waals surface area (Å²) in [7, 11) is 1.66. The third-order valence-electron chi connectivity index (χ3n) is 7.35. The number of fused-ring (bicyclic) bond motifs is 1. The van der Waals surface area contributed by atoms with Crippen LogP contribution in [0, 0.1) is 19.8 Å². The van der Waals surface area contributed by atoms with Crippen LogP contribution in [0.25, 0.3) is 10.9 Å². The Morgan fingerprint density at radius 1 is 1.11 bits per heavy atom. The number of aromatic nitrogens is 5. The first-order valence-corrected chi connectivity index (χ1v) is 12.2. The first-order valence-electron chi connectivity index (χ1n) is 12.2. The molecule has 0 spiro atoms. The summed E-state index contributed by atoms with van der Waals surface area (Å²) in [6.07, 6.45) is 2.17. The zero-order valence-electron chi connectivity index (χ0n) is 20.8. The summed E-state index contributed by atoms with van der Waals surface area (Å²) in [6, 6.07) is 13.8. The normalized spacial score (nSPS) is 16.0. The second-order valence-electron chi connectivity index (χ2n) is 9.69. The maximum absolute atomic E-state index is 13.5. The van der Waals surface area contributed by atoms with Gasteiger partial charge in [0.05, 0.1) is 19.2 Å². The van der Waals surface area contributed by atoms with E-state index in [2.05, 4.69) is 51.4 Å². The predicted molar refractivity (Wildman–Crippen MR) is 136 cm³/mol. The zero-order valence-corrected chi connectivity index (χ0v) is 20.8. The monoisotopic (exact) mass is 472 g/mol. The second kappa shape index (κ2) is 9.62. The molecule has 35 heavy (non-hydrogen) atoms. The topological polar surface area (TPSA) is 88.9 Å². The van der Waals surface area contributed by atoms with E-state index in [1.54, 1.807) is 7.11 Å². The molecule has 1 N–H and O–H groups in total. The molecule has 1 fully saturated rings. The maximum atomic E-state index is 13.5. The molecule has 182 valence electrons. The molecule has 3 heterocycles. The molecule has 1 aliphatic rings. The number of aryl methyl sites for hydroxylation is 2. The van der Waals surface area contributed by atoms with Crippen LogP contribution in [-0.2, 0) is 6.54 Å². The van der Waals surface area contributed by atoms with Crippen LogP contribution < -0.4 is 10.3 Å². The summed E-state index contributed by atoms with van der Waals surface area (Å²) in [4.78, 5) is 19.0. The third-order valence-corrected chi connectivity index (χ3v) is 7.35. The van der Waals surface area contributed by atoms with Crippen molar-refractivity contribution in [3.63, 3.8) is 0 Å². The summed E-state index contributed by atoms with van der Waals surface area (Å²) in [5.74, 6) is 2.16. The number of methoxy groups -OCH3 is 1. The van der Waals surface area contributed by atoms with E-state index in [1.165, 1.54) is 0 Å². The number of H-pyrrole nitrogens is 1. The van der Waals surface area contributed by atoms with Crippen molar-refractivity contribution in [3.8, 4) is 5.75 Å². The Bertz CT molecular complexity index is 1380. The van der Waals surface area contributed by atoms with E-state index in [0.717, 1.165) is 59.3 Å². The van der Waals surface area contributed by atoms with Gasteiger partial charge >= 0.3 is 0 Å². The Morgan fingerprint density at radius 2 is 1.86 bits per heavy atom. The van der Waals surface area contributed by atoms with Crippen molar-refractivity contribution in [1.82, 2.24) is 30.1 Å². The highest BCUT2D eigenvalue weighted by atomic mass is 16.5. The lowest BCUT2D eigenvalue weighted by molar-refractivity contribution is 0.149. The number of hydrogen-bond acceptors (Lipinski definition) is 6. The highest BCUT2D eigenvalue weighted by molar-refractivity contribution is 5.83. The molecule has 2 aromatic carbocycles. The highest BCUT2D eigenvalue weighted by Crippen LogP contribution is 2.31. The number of nitrogens with one attached hydrogen (secondary N) is 1. The molecular formula is C27H32N6O2. The van der Waals surface area contributed by atoms with Gasteiger partial charge in [-0.1, -0.05) is 31.2 Å². The van der Waals surface area contributed by atoms with E-state index in [0.29, 0.717) is 23.9 Å². The van der Waals surface area contributed by atoms with Gasteiger partial charge in [-0.25, -0.2) is 4.68 Å². The molecule has 1 aliphatic heterocycles. The second-order valence-corrected chi connectivity index (χ2v) is 9.69. The lowest BCUT2D eigenvalue weighted by Gasteiger charge is -2.36. The van der Waals surface area contributed by atoms with Gasteiger partial charge < -0.3 is 9.72 Å². The number of aromatic amines is 1. The number of pyridine rings is 1. The number of nitrogens with zero attached hydrogens (tertiary/aromatic N) is 5. The number of likely N-dealkylation sites (tertiary alicyclic amines) is 1. The molecule has 0 amide bonds. The van der Waals surface area contributed by atoms with Crippen molar-refractivity contribution in [3.05, 3.63) is 80.9 Å². The van der Waals surface area contributed by atoms with Crippen LogP contribution in [0.3, 0.4) is 0 Å². The molecule has 1 atom stereocenters. The fourth-order valence-corrected chi connectivity index (χ4v) is 4.95. The van der Waals surface area contributed by atoms with Crippen molar-refractivity contribution in [1.29, 1.82) is 0 Å². The minimum Gasteiger partial charge on any atom is -0.497 e. The highest BCUT2D eigenvalue weighted by Gasteiger charge is 2.32. The molecule has 0 radical (unpaired) electrons. The van der Waals surface area contributed by atoms with Crippen LogP contribution in [0.4, 0.5) is 0 Å². The van der Waals surface area contributed by atoms with E-state index in [-0.39, 0.29) is 11.6 Å². The number of tetrazole rings is 1. The smallest absolute Gasteiger partial charge is 0.253 e. The largest absolute Gasteiger partial charge is 0.497 e. The van der Waals surface area contributed by atoms with Crippen LogP contribution in [-0.4, -0.2) is 50.3 Å². The summed E-state index contributed by atoms with van der Waals surface area (Å²) in [5.41, 5.74) is 4.80. The van der Waals surface area contributed by atoms with Crippen molar-refractivity contribution in [2.45, 2.75) is 46.2 Å². The van der Waals surface area contributed by atoms with Crippen LogP contribution in [0.5, 0.6) is 5.75 Å². The summed E-state index contributed by atoms with van der Waals surface area (Å²) in [5, 5.41) is 13.8. The fourth-order valence-electron chi connectivity index (χ4n) is 4.95. The number of hydrogen-bond donors (Lipinski definition) is 1. The van der Waals surface area contributed by atoms with Gasteiger partial charge in [0.25, 0.3) is 5.56 Å². The standard InChI is InChI=1S/C27H32N6O2/c1-17-11-13-32(14-12-17)25(23-15-21-8-5-18(2)19(3)24(21)28-27(23)34)26-29-30-31-33(26)16-20-6-9-22(35-4)10-7-20/h5-10,15,17,25H,11-14,16H2,1-4H3,(H,28,34). The van der Waals surface area contributed by atoms with Crippen LogP contribution in [0.2, 0.25) is 0 Å².